The molecule has 25 heavy (non-hydrogen) atoms. The van der Waals surface area contributed by atoms with Gasteiger partial charge in [0.15, 0.2) is 0 Å². The fraction of sp³-hybridized carbons (Fsp3) is 0.111. The van der Waals surface area contributed by atoms with Gasteiger partial charge in [-0.05, 0) is 36.4 Å². The highest BCUT2D eigenvalue weighted by molar-refractivity contribution is 5.58. The van der Waals surface area contributed by atoms with Crippen molar-refractivity contribution in [3.63, 3.8) is 0 Å². The molecule has 1 aromatic carbocycles. The molecular weight excluding hydrogens is 319 g/mol. The minimum Gasteiger partial charge on any atom is -0.353 e. The summed E-state index contributed by atoms with van der Waals surface area (Å²) in [5, 5.41) is 11.1. The molecule has 0 atom stereocenters. The van der Waals surface area contributed by atoms with E-state index in [0.717, 1.165) is 23.3 Å². The van der Waals surface area contributed by atoms with Crippen molar-refractivity contribution in [1.29, 1.82) is 0 Å². The molecule has 0 spiro atoms. The molecule has 0 fully saturated rings. The molecule has 0 unspecified atom stereocenters. The summed E-state index contributed by atoms with van der Waals surface area (Å²) < 4.78 is 15.0. The van der Waals surface area contributed by atoms with Crippen LogP contribution in [0.25, 0.3) is 16.9 Å². The molecular formula is C18H15FN6. The second-order valence-electron chi connectivity index (χ2n) is 5.55. The largest absolute Gasteiger partial charge is 0.353 e. The Morgan fingerprint density at radius 3 is 2.76 bits per heavy atom. The number of pyridine rings is 1. The first kappa shape index (κ1) is 15.2. The minimum atomic E-state index is -0.281. The number of aromatic nitrogens is 5. The van der Waals surface area contributed by atoms with Gasteiger partial charge >= 0.3 is 0 Å². The van der Waals surface area contributed by atoms with Gasteiger partial charge in [0.2, 0.25) is 5.95 Å². The Labute approximate surface area is 143 Å². The summed E-state index contributed by atoms with van der Waals surface area (Å²) in [6, 6.07) is 12.0. The number of nitrogens with zero attached hydrogens (tertiary/aromatic N) is 5. The number of imidazole rings is 1. The summed E-state index contributed by atoms with van der Waals surface area (Å²) in [6.45, 7) is 0.637. The second-order valence-corrected chi connectivity index (χ2v) is 5.55. The summed E-state index contributed by atoms with van der Waals surface area (Å²) >= 11 is 0. The van der Waals surface area contributed by atoms with Crippen molar-refractivity contribution in [2.45, 2.75) is 6.42 Å². The molecule has 7 heteroatoms. The minimum absolute atomic E-state index is 0.281. The Morgan fingerprint density at radius 1 is 1.04 bits per heavy atom. The molecule has 0 amide bonds. The highest BCUT2D eigenvalue weighted by atomic mass is 19.1. The van der Waals surface area contributed by atoms with Crippen LogP contribution in [0.2, 0.25) is 0 Å². The third-order valence-electron chi connectivity index (χ3n) is 3.78. The summed E-state index contributed by atoms with van der Waals surface area (Å²) in [5.74, 6) is 0.155. The van der Waals surface area contributed by atoms with E-state index in [4.69, 9.17) is 0 Å². The highest BCUT2D eigenvalue weighted by Gasteiger charge is 2.05. The van der Waals surface area contributed by atoms with Crippen LogP contribution in [0.3, 0.4) is 0 Å². The van der Waals surface area contributed by atoms with E-state index in [1.807, 2.05) is 35.0 Å². The van der Waals surface area contributed by atoms with E-state index in [1.165, 1.54) is 12.1 Å². The number of anilines is 1. The molecule has 0 aliphatic heterocycles. The van der Waals surface area contributed by atoms with Gasteiger partial charge in [0, 0.05) is 30.9 Å². The van der Waals surface area contributed by atoms with Crippen molar-refractivity contribution < 1.29 is 4.39 Å². The first-order valence-corrected chi connectivity index (χ1v) is 7.90. The standard InChI is InChI=1S/C18H15FN6/c19-14-6-4-13(5-7-14)16-11-21-24-18(23-16)20-9-8-15-12-25-10-2-1-3-17(25)22-15/h1-7,10-12H,8-9H2,(H,20,23,24). The van der Waals surface area contributed by atoms with Crippen LogP contribution < -0.4 is 5.32 Å². The Bertz CT molecular complexity index is 963. The molecule has 3 heterocycles. The quantitative estimate of drug-likeness (QED) is 0.608. The molecule has 0 saturated carbocycles. The van der Waals surface area contributed by atoms with Crippen LogP contribution in [0.15, 0.2) is 61.1 Å². The first-order valence-electron chi connectivity index (χ1n) is 7.90. The average molecular weight is 334 g/mol. The van der Waals surface area contributed by atoms with Crippen LogP contribution in [0.4, 0.5) is 10.3 Å². The van der Waals surface area contributed by atoms with Crippen molar-refractivity contribution in [3.05, 3.63) is 72.6 Å². The maximum Gasteiger partial charge on any atom is 0.243 e. The van der Waals surface area contributed by atoms with Crippen molar-refractivity contribution in [2.24, 2.45) is 0 Å². The predicted molar refractivity (Wildman–Crippen MR) is 92.6 cm³/mol. The molecule has 0 aliphatic carbocycles. The van der Waals surface area contributed by atoms with E-state index in [0.29, 0.717) is 18.2 Å². The van der Waals surface area contributed by atoms with Crippen LogP contribution in [-0.2, 0) is 6.42 Å². The molecule has 6 nitrogen and oxygen atoms in total. The number of hydrogen-bond acceptors (Lipinski definition) is 5. The van der Waals surface area contributed by atoms with Crippen molar-refractivity contribution in [3.8, 4) is 11.3 Å². The fourth-order valence-electron chi connectivity index (χ4n) is 2.55. The molecule has 4 aromatic rings. The monoisotopic (exact) mass is 334 g/mol. The van der Waals surface area contributed by atoms with E-state index >= 15 is 0 Å². The van der Waals surface area contributed by atoms with E-state index in [-0.39, 0.29) is 5.82 Å². The number of hydrogen-bond donors (Lipinski definition) is 1. The number of benzene rings is 1. The van der Waals surface area contributed by atoms with Gasteiger partial charge in [0.1, 0.15) is 11.5 Å². The van der Waals surface area contributed by atoms with Gasteiger partial charge in [-0.2, -0.15) is 5.10 Å². The lowest BCUT2D eigenvalue weighted by Crippen LogP contribution is -2.09. The third-order valence-corrected chi connectivity index (χ3v) is 3.78. The van der Waals surface area contributed by atoms with E-state index < -0.39 is 0 Å². The normalized spacial score (nSPS) is 10.9. The smallest absolute Gasteiger partial charge is 0.243 e. The summed E-state index contributed by atoms with van der Waals surface area (Å²) in [7, 11) is 0. The maximum atomic E-state index is 13.0. The molecule has 3 aromatic heterocycles. The zero-order valence-corrected chi connectivity index (χ0v) is 13.3. The van der Waals surface area contributed by atoms with Gasteiger partial charge in [-0.3, -0.25) is 0 Å². The molecule has 0 saturated heterocycles. The van der Waals surface area contributed by atoms with Gasteiger partial charge < -0.3 is 9.72 Å². The van der Waals surface area contributed by atoms with Gasteiger partial charge in [-0.25, -0.2) is 14.4 Å². The number of rotatable bonds is 5. The number of nitrogens with one attached hydrogen (secondary N) is 1. The van der Waals surface area contributed by atoms with Crippen LogP contribution in [0, 0.1) is 5.82 Å². The lowest BCUT2D eigenvalue weighted by Gasteiger charge is -2.05. The van der Waals surface area contributed by atoms with Crippen LogP contribution in [0.1, 0.15) is 5.69 Å². The van der Waals surface area contributed by atoms with Gasteiger partial charge in [0.25, 0.3) is 0 Å². The number of fused-ring (bicyclic) bond motifs is 1. The topological polar surface area (TPSA) is 68.0 Å². The first-order chi connectivity index (χ1) is 12.3. The molecule has 1 N–H and O–H groups in total. The lowest BCUT2D eigenvalue weighted by atomic mass is 10.2. The summed E-state index contributed by atoms with van der Waals surface area (Å²) in [6.07, 6.45) is 6.27. The molecule has 124 valence electrons. The van der Waals surface area contributed by atoms with Gasteiger partial charge in [-0.15, -0.1) is 5.10 Å². The van der Waals surface area contributed by atoms with Gasteiger partial charge in [0.05, 0.1) is 17.6 Å². The Hall–Kier alpha value is -3.35. The van der Waals surface area contributed by atoms with Crippen LogP contribution in [0.5, 0.6) is 0 Å². The average Bonchev–Trinajstić information content (AvgIpc) is 3.05. The van der Waals surface area contributed by atoms with Crippen molar-refractivity contribution in [2.75, 3.05) is 11.9 Å². The molecule has 0 radical (unpaired) electrons. The zero-order valence-electron chi connectivity index (χ0n) is 13.3. The zero-order chi connectivity index (χ0) is 17.1. The molecule has 4 rings (SSSR count). The van der Waals surface area contributed by atoms with E-state index in [2.05, 4.69) is 25.5 Å². The van der Waals surface area contributed by atoms with Crippen molar-refractivity contribution in [1.82, 2.24) is 24.6 Å². The van der Waals surface area contributed by atoms with Crippen LogP contribution in [-0.4, -0.2) is 31.1 Å². The highest BCUT2D eigenvalue weighted by Crippen LogP contribution is 2.17. The lowest BCUT2D eigenvalue weighted by molar-refractivity contribution is 0.628. The molecule has 0 bridgehead atoms. The summed E-state index contributed by atoms with van der Waals surface area (Å²) in [4.78, 5) is 8.96. The third kappa shape index (κ3) is 3.45. The second kappa shape index (κ2) is 6.64. The predicted octanol–water partition coefficient (Wildman–Crippen LogP) is 2.98. The Kier molecular flexibility index (Phi) is 4.04. The van der Waals surface area contributed by atoms with Crippen molar-refractivity contribution >= 4 is 11.6 Å². The maximum absolute atomic E-state index is 13.0. The SMILES string of the molecule is Fc1ccc(-c2cnnc(NCCc3cn4ccccc4n3)n2)cc1. The van der Waals surface area contributed by atoms with E-state index in [9.17, 15) is 4.39 Å². The fourth-order valence-corrected chi connectivity index (χ4v) is 2.55. The molecule has 0 aliphatic rings. The van der Waals surface area contributed by atoms with Crippen LogP contribution >= 0.6 is 0 Å². The Morgan fingerprint density at radius 2 is 1.92 bits per heavy atom. The number of halogens is 1. The summed E-state index contributed by atoms with van der Waals surface area (Å²) in [5.41, 5.74) is 3.35. The Balaban J connectivity index is 1.42. The van der Waals surface area contributed by atoms with E-state index in [1.54, 1.807) is 18.3 Å². The van der Waals surface area contributed by atoms with Gasteiger partial charge in [-0.1, -0.05) is 6.07 Å².